The third kappa shape index (κ3) is 13.6. The summed E-state index contributed by atoms with van der Waals surface area (Å²) in [5.41, 5.74) is 5.10. The van der Waals surface area contributed by atoms with Crippen molar-refractivity contribution in [3.8, 4) is 0 Å². The Balaban J connectivity index is 0.000000556. The summed E-state index contributed by atoms with van der Waals surface area (Å²) in [6, 6.07) is 23.2. The molecule has 0 spiro atoms. The Labute approximate surface area is 335 Å². The van der Waals surface area contributed by atoms with E-state index < -0.39 is 24.9 Å². The van der Waals surface area contributed by atoms with Gasteiger partial charge < -0.3 is 40.1 Å². The van der Waals surface area contributed by atoms with Crippen molar-refractivity contribution < 1.29 is 55.7 Å². The van der Waals surface area contributed by atoms with E-state index >= 15 is 0 Å². The van der Waals surface area contributed by atoms with E-state index in [9.17, 15) is 35.9 Å². The summed E-state index contributed by atoms with van der Waals surface area (Å²) in [6.07, 6.45) is -2.27. The van der Waals surface area contributed by atoms with Gasteiger partial charge in [-0.2, -0.15) is 26.3 Å². The number of rotatable bonds is 7. The first-order valence-corrected chi connectivity index (χ1v) is 18.2. The van der Waals surface area contributed by atoms with Crippen LogP contribution in [0.25, 0.3) is 10.9 Å². The molecular formula is C39H45ClF6N6O6. The average molecular weight is 843 g/mol. The van der Waals surface area contributed by atoms with Crippen LogP contribution >= 0.6 is 11.6 Å². The van der Waals surface area contributed by atoms with E-state index in [1.165, 1.54) is 0 Å². The van der Waals surface area contributed by atoms with Crippen LogP contribution in [-0.4, -0.2) is 122 Å². The van der Waals surface area contributed by atoms with Crippen molar-refractivity contribution >= 4 is 58.3 Å². The number of anilines is 2. The van der Waals surface area contributed by atoms with Crippen LogP contribution in [0.4, 0.5) is 42.5 Å². The second-order valence-corrected chi connectivity index (χ2v) is 14.0. The van der Waals surface area contributed by atoms with Crippen LogP contribution in [0.2, 0.25) is 5.02 Å². The zero-order valence-corrected chi connectivity index (χ0v) is 32.6. The van der Waals surface area contributed by atoms with Crippen LogP contribution in [0.5, 0.6) is 0 Å². The molecule has 4 N–H and O–H groups in total. The minimum Gasteiger partial charge on any atom is -0.483 e. The van der Waals surface area contributed by atoms with Gasteiger partial charge in [0.05, 0.1) is 0 Å². The fourth-order valence-electron chi connectivity index (χ4n) is 6.81. The van der Waals surface area contributed by atoms with Crippen molar-refractivity contribution in [1.82, 2.24) is 20.1 Å². The largest absolute Gasteiger partial charge is 0.490 e. The minimum absolute atomic E-state index is 0.105. The number of hydrogen-bond donors (Lipinski definition) is 4. The number of amides is 3. The number of hydrogen-bond acceptors (Lipinski definition) is 6. The molecular weight excluding hydrogens is 798 g/mol. The van der Waals surface area contributed by atoms with Gasteiger partial charge in [-0.3, -0.25) is 9.59 Å². The van der Waals surface area contributed by atoms with Gasteiger partial charge in [-0.15, -0.1) is 0 Å². The van der Waals surface area contributed by atoms with Crippen molar-refractivity contribution in [3.63, 3.8) is 0 Å². The zero-order valence-electron chi connectivity index (χ0n) is 31.8. The Morgan fingerprint density at radius 1 is 0.983 bits per heavy atom. The molecule has 0 bridgehead atoms. The maximum absolute atomic E-state index is 14.7. The number of carboxylic acids is 1. The van der Waals surface area contributed by atoms with Crippen LogP contribution in [0, 0.1) is 5.92 Å². The highest BCUT2D eigenvalue weighted by Gasteiger charge is 2.39. The maximum Gasteiger partial charge on any atom is 0.490 e. The summed E-state index contributed by atoms with van der Waals surface area (Å²) < 4.78 is 60.7. The SMILES string of the molecule is CC(c1c[nH]c2ccccc12)C(NC(=O)N1CCN(c2ccccc2)CC1)C(=O)N1C[C@@H](CN(C)C)Cc2cc(Cl)ccc21.FC(F)F.O=C(O)C(F)(F)F.O=CO. The number of para-hydroxylation sites is 2. The number of aromatic nitrogens is 1. The third-order valence-electron chi connectivity index (χ3n) is 9.26. The topological polar surface area (TPSA) is 150 Å². The number of H-pyrrole nitrogens is 1. The minimum atomic E-state index is -5.08. The number of carbonyl (C=O) groups is 4. The summed E-state index contributed by atoms with van der Waals surface area (Å²) in [4.78, 5) is 57.4. The molecule has 0 aliphatic carbocycles. The number of nitrogens with zero attached hydrogens (tertiary/aromatic N) is 4. The van der Waals surface area contributed by atoms with Crippen molar-refractivity contribution in [2.45, 2.75) is 38.2 Å². The molecule has 3 atom stereocenters. The third-order valence-corrected chi connectivity index (χ3v) is 9.49. The first kappa shape index (κ1) is 46.9. The van der Waals surface area contributed by atoms with E-state index in [0.29, 0.717) is 24.7 Å². The number of aromatic amines is 1. The van der Waals surface area contributed by atoms with E-state index in [1.54, 1.807) is 0 Å². The summed E-state index contributed by atoms with van der Waals surface area (Å²) in [5.74, 6) is -2.90. The molecule has 4 aromatic rings. The van der Waals surface area contributed by atoms with Gasteiger partial charge in [0.25, 0.3) is 6.47 Å². The normalized spacial score (nSPS) is 16.1. The molecule has 3 heterocycles. The first-order valence-electron chi connectivity index (χ1n) is 17.8. The van der Waals surface area contributed by atoms with Crippen molar-refractivity contribution in [3.05, 3.63) is 95.1 Å². The second-order valence-electron chi connectivity index (χ2n) is 13.5. The number of alkyl halides is 6. The molecule has 2 aliphatic heterocycles. The number of aliphatic carboxylic acids is 1. The number of halogens is 7. The van der Waals surface area contributed by atoms with Gasteiger partial charge in [0.1, 0.15) is 6.04 Å². The molecule has 3 amide bonds. The highest BCUT2D eigenvalue weighted by Crippen LogP contribution is 2.35. The lowest BCUT2D eigenvalue weighted by Crippen LogP contribution is -2.58. The molecule has 1 saturated heterocycles. The average Bonchev–Trinajstić information content (AvgIpc) is 3.60. The van der Waals surface area contributed by atoms with Crippen LogP contribution in [0.15, 0.2) is 79.0 Å². The molecule has 58 heavy (non-hydrogen) atoms. The van der Waals surface area contributed by atoms with Gasteiger partial charge in [-0.1, -0.05) is 54.9 Å². The number of benzene rings is 3. The van der Waals surface area contributed by atoms with Crippen LogP contribution in [0.1, 0.15) is 24.0 Å². The van der Waals surface area contributed by atoms with Crippen molar-refractivity contribution in [2.24, 2.45) is 5.92 Å². The van der Waals surface area contributed by atoms with Gasteiger partial charge in [0.15, 0.2) is 0 Å². The first-order chi connectivity index (χ1) is 27.4. The summed E-state index contributed by atoms with van der Waals surface area (Å²) in [6.45, 7) is 2.18. The molecule has 6 rings (SSSR count). The van der Waals surface area contributed by atoms with Crippen molar-refractivity contribution in [2.75, 3.05) is 63.2 Å². The van der Waals surface area contributed by atoms with Crippen LogP contribution < -0.4 is 15.1 Å². The second kappa shape index (κ2) is 21.9. The Kier molecular flexibility index (Phi) is 17.7. The lowest BCUT2D eigenvalue weighted by Gasteiger charge is -2.40. The molecule has 3 aromatic carbocycles. The zero-order chi connectivity index (χ0) is 43.2. The number of fused-ring (bicyclic) bond motifs is 2. The highest BCUT2D eigenvalue weighted by atomic mass is 35.5. The molecule has 12 nitrogen and oxygen atoms in total. The van der Waals surface area contributed by atoms with Gasteiger partial charge in [0, 0.05) is 78.7 Å². The lowest BCUT2D eigenvalue weighted by molar-refractivity contribution is -0.192. The standard InChI is InChI=1S/C35H41ClN6O2.C2HF3O2.CHF3.CH2O2/c1-24(30-21-37-31-12-8-7-11-29(30)31)33(38-35(44)41-17-15-40(16-18-41)28-9-5-4-6-10-28)34(43)42-23-25(22-39(2)3)19-26-20-27(36)13-14-32(26)42;3-2(4,5)1(6)7;2-1(3)4;2-1-3/h4-14,20-21,24-25,33,37H,15-19,22-23H2,1-3H3,(H,38,44);(H,6,7);1H;1H,(H,2,3)/t24?,25-,33?;;;/m1.../s1. The van der Waals surface area contributed by atoms with E-state index in [0.717, 1.165) is 59.5 Å². The molecule has 0 saturated carbocycles. The Bertz CT molecular complexity index is 1940. The summed E-state index contributed by atoms with van der Waals surface area (Å²) >= 11 is 6.41. The lowest BCUT2D eigenvalue weighted by atomic mass is 9.88. The molecule has 2 unspecified atom stereocenters. The number of piperazine rings is 1. The predicted octanol–water partition coefficient (Wildman–Crippen LogP) is 7.10. The Morgan fingerprint density at radius 3 is 2.12 bits per heavy atom. The Hall–Kier alpha value is -5.49. The molecule has 19 heteroatoms. The fraction of sp³-hybridized carbons (Fsp3) is 0.385. The Morgan fingerprint density at radius 2 is 1.55 bits per heavy atom. The van der Waals surface area contributed by atoms with E-state index in [2.05, 4.69) is 52.4 Å². The van der Waals surface area contributed by atoms with E-state index in [4.69, 9.17) is 31.4 Å². The van der Waals surface area contributed by atoms with Gasteiger partial charge in [-0.05, 0) is 74.0 Å². The molecule has 0 radical (unpaired) electrons. The molecule has 2 aliphatic rings. The van der Waals surface area contributed by atoms with E-state index in [1.807, 2.05) is 77.5 Å². The van der Waals surface area contributed by atoms with Gasteiger partial charge in [0.2, 0.25) is 5.91 Å². The number of nitrogens with one attached hydrogen (secondary N) is 2. The summed E-state index contributed by atoms with van der Waals surface area (Å²) in [7, 11) is 4.11. The molecule has 1 fully saturated rings. The number of carboxylic acid groups (broad SMARTS) is 2. The molecule has 1 aromatic heterocycles. The fourth-order valence-corrected chi connectivity index (χ4v) is 7.00. The molecule has 316 valence electrons. The maximum atomic E-state index is 14.7. The van der Waals surface area contributed by atoms with Crippen LogP contribution in [-0.2, 0) is 20.8 Å². The predicted molar refractivity (Wildman–Crippen MR) is 208 cm³/mol. The van der Waals surface area contributed by atoms with Gasteiger partial charge in [-0.25, -0.2) is 9.59 Å². The quantitative estimate of drug-likeness (QED) is 0.114. The highest BCUT2D eigenvalue weighted by molar-refractivity contribution is 6.30. The van der Waals surface area contributed by atoms with Crippen LogP contribution in [0.3, 0.4) is 0 Å². The van der Waals surface area contributed by atoms with E-state index in [-0.39, 0.29) is 30.2 Å². The summed E-state index contributed by atoms with van der Waals surface area (Å²) in [5, 5.41) is 18.9. The van der Waals surface area contributed by atoms with Gasteiger partial charge >= 0.3 is 24.9 Å². The monoisotopic (exact) mass is 842 g/mol. The number of carbonyl (C=O) groups excluding carboxylic acids is 2. The van der Waals surface area contributed by atoms with Crippen molar-refractivity contribution in [1.29, 1.82) is 0 Å². The number of urea groups is 1. The smallest absolute Gasteiger partial charge is 0.483 e.